The molecule has 0 fully saturated rings. The first-order valence-electron chi connectivity index (χ1n) is 9.18. The number of rotatable bonds is 11. The van der Waals surface area contributed by atoms with E-state index in [2.05, 4.69) is 21.1 Å². The van der Waals surface area contributed by atoms with Crippen LogP contribution in [0.25, 0.3) is 0 Å². The van der Waals surface area contributed by atoms with Crippen LogP contribution in [0.2, 0.25) is 0 Å². The van der Waals surface area contributed by atoms with Gasteiger partial charge in [0.1, 0.15) is 36.2 Å². The molecule has 10 nitrogen and oxygen atoms in total. The molecule has 0 bridgehead atoms. The van der Waals surface area contributed by atoms with Crippen molar-refractivity contribution in [1.29, 1.82) is 0 Å². The lowest BCUT2D eigenvalue weighted by Crippen LogP contribution is -2.52. The van der Waals surface area contributed by atoms with Crippen LogP contribution in [0.15, 0.2) is 70.9 Å². The van der Waals surface area contributed by atoms with Crippen molar-refractivity contribution >= 4 is 23.3 Å². The van der Waals surface area contributed by atoms with Gasteiger partial charge in [0, 0.05) is 0 Å². The number of hydrogen-bond donors (Lipinski definition) is 8. The summed E-state index contributed by atoms with van der Waals surface area (Å²) in [5.74, 6) is 0. The summed E-state index contributed by atoms with van der Waals surface area (Å²) >= 11 is 0. The minimum absolute atomic E-state index is 0.167. The number of hydrazone groups is 2. The number of anilines is 2. The van der Waals surface area contributed by atoms with Gasteiger partial charge in [-0.1, -0.05) is 36.4 Å². The lowest BCUT2D eigenvalue weighted by molar-refractivity contribution is -0.130. The van der Waals surface area contributed by atoms with Gasteiger partial charge in [-0.25, -0.2) is 0 Å². The van der Waals surface area contributed by atoms with Gasteiger partial charge in [-0.3, -0.25) is 10.9 Å². The highest BCUT2D eigenvalue weighted by Crippen LogP contribution is 2.11. The van der Waals surface area contributed by atoms with Gasteiger partial charge < -0.3 is 30.6 Å². The van der Waals surface area contributed by atoms with E-state index >= 15 is 0 Å². The Balaban J connectivity index is 2.18. The Morgan fingerprint density at radius 2 is 1.30 bits per heavy atom. The van der Waals surface area contributed by atoms with E-state index in [9.17, 15) is 25.5 Å². The molecule has 0 saturated heterocycles. The molecule has 0 aliphatic rings. The number of nitrogens with zero attached hydrogens (tertiary/aromatic N) is 2. The fraction of sp³-hybridized carbons (Fsp3) is 0.300. The highest BCUT2D eigenvalue weighted by molar-refractivity contribution is 6.33. The van der Waals surface area contributed by atoms with Crippen LogP contribution in [0.3, 0.4) is 0 Å². The Bertz CT molecular complexity index is 805. The monoisotopic (exact) mass is 418 g/mol. The SMILES string of the molecule is OC[C@@H](O)[C@@H](O)[C@@H](O)[C@@H](O)[C@@H](O)C(/C=N/Nc1ccccc1)=N/Nc1ccccc1. The molecular weight excluding hydrogens is 392 g/mol. The first kappa shape index (κ1) is 23.4. The lowest BCUT2D eigenvalue weighted by Gasteiger charge is -2.28. The second kappa shape index (κ2) is 12.0. The summed E-state index contributed by atoms with van der Waals surface area (Å²) in [6.45, 7) is -0.833. The minimum Gasteiger partial charge on any atom is -0.394 e. The Kier molecular flexibility index (Phi) is 9.35. The number of aliphatic hydroxyl groups is 6. The van der Waals surface area contributed by atoms with Crippen molar-refractivity contribution in [3.05, 3.63) is 60.7 Å². The van der Waals surface area contributed by atoms with Crippen LogP contribution in [0.5, 0.6) is 0 Å². The predicted molar refractivity (Wildman–Crippen MR) is 113 cm³/mol. The van der Waals surface area contributed by atoms with Crippen molar-refractivity contribution in [2.24, 2.45) is 10.2 Å². The number of para-hydroxylation sites is 2. The zero-order chi connectivity index (χ0) is 21.9. The second-order valence-electron chi connectivity index (χ2n) is 6.42. The summed E-state index contributed by atoms with van der Waals surface area (Å²) < 4.78 is 0. The Labute approximate surface area is 173 Å². The quantitative estimate of drug-likeness (QED) is 0.176. The normalized spacial score (nSPS) is 17.2. The molecule has 0 spiro atoms. The lowest BCUT2D eigenvalue weighted by atomic mass is 9.97. The van der Waals surface area contributed by atoms with Crippen LogP contribution in [-0.4, -0.2) is 79.7 Å². The van der Waals surface area contributed by atoms with Gasteiger partial charge in [0.2, 0.25) is 0 Å². The van der Waals surface area contributed by atoms with E-state index in [1.165, 1.54) is 0 Å². The molecule has 2 aromatic carbocycles. The average Bonchev–Trinajstić information content (AvgIpc) is 2.80. The maximum Gasteiger partial charge on any atom is 0.128 e. The molecule has 5 atom stereocenters. The third kappa shape index (κ3) is 6.88. The zero-order valence-corrected chi connectivity index (χ0v) is 16.0. The van der Waals surface area contributed by atoms with Crippen LogP contribution < -0.4 is 10.9 Å². The predicted octanol–water partition coefficient (Wildman–Crippen LogP) is -0.651. The molecule has 162 valence electrons. The first-order valence-corrected chi connectivity index (χ1v) is 9.18. The highest BCUT2D eigenvalue weighted by Gasteiger charge is 2.35. The topological polar surface area (TPSA) is 170 Å². The van der Waals surface area contributed by atoms with E-state index in [1.807, 2.05) is 12.1 Å². The van der Waals surface area contributed by atoms with Crippen molar-refractivity contribution in [2.75, 3.05) is 17.5 Å². The Morgan fingerprint density at radius 3 is 1.83 bits per heavy atom. The third-order valence-electron chi connectivity index (χ3n) is 4.16. The molecule has 0 aromatic heterocycles. The molecule has 0 amide bonds. The van der Waals surface area contributed by atoms with Crippen molar-refractivity contribution < 1.29 is 30.6 Å². The van der Waals surface area contributed by atoms with Crippen LogP contribution in [0.4, 0.5) is 11.4 Å². The van der Waals surface area contributed by atoms with Gasteiger partial charge in [0.05, 0.1) is 24.2 Å². The third-order valence-corrected chi connectivity index (χ3v) is 4.16. The van der Waals surface area contributed by atoms with Crippen LogP contribution in [-0.2, 0) is 0 Å². The Morgan fingerprint density at radius 1 is 0.767 bits per heavy atom. The molecule has 2 rings (SSSR count). The van der Waals surface area contributed by atoms with E-state index < -0.39 is 37.1 Å². The molecule has 0 heterocycles. The molecule has 8 N–H and O–H groups in total. The van der Waals surface area contributed by atoms with Crippen molar-refractivity contribution in [3.8, 4) is 0 Å². The van der Waals surface area contributed by atoms with Gasteiger partial charge in [-0.2, -0.15) is 10.2 Å². The summed E-state index contributed by atoms with van der Waals surface area (Å²) in [4.78, 5) is 0. The highest BCUT2D eigenvalue weighted by atomic mass is 16.4. The minimum atomic E-state index is -1.96. The maximum absolute atomic E-state index is 10.5. The average molecular weight is 418 g/mol. The maximum atomic E-state index is 10.5. The van der Waals surface area contributed by atoms with Gasteiger partial charge >= 0.3 is 0 Å². The van der Waals surface area contributed by atoms with E-state index in [4.69, 9.17) is 5.11 Å². The molecule has 0 radical (unpaired) electrons. The molecule has 30 heavy (non-hydrogen) atoms. The standard InChI is InChI=1S/C20H26N4O6/c25-12-16(26)18(28)20(30)19(29)17(27)15(24-23-14-9-5-2-6-10-14)11-21-22-13-7-3-1-4-8-13/h1-11,16-20,22-23,25-30H,12H2/b21-11+,24-15+/t16-,17+,18-,19+,20-/m1/s1. The summed E-state index contributed by atoms with van der Waals surface area (Å²) in [6, 6.07) is 17.7. The van der Waals surface area contributed by atoms with Crippen molar-refractivity contribution in [1.82, 2.24) is 0 Å². The van der Waals surface area contributed by atoms with Crippen LogP contribution in [0.1, 0.15) is 0 Å². The molecule has 0 saturated carbocycles. The molecular formula is C20H26N4O6. The van der Waals surface area contributed by atoms with Crippen molar-refractivity contribution in [3.63, 3.8) is 0 Å². The number of aliphatic hydroxyl groups excluding tert-OH is 6. The molecule has 10 heteroatoms. The number of benzene rings is 2. The second-order valence-corrected chi connectivity index (χ2v) is 6.42. The molecule has 0 aliphatic heterocycles. The summed E-state index contributed by atoms with van der Waals surface area (Å²) in [7, 11) is 0. The van der Waals surface area contributed by atoms with Gasteiger partial charge in [-0.05, 0) is 24.3 Å². The van der Waals surface area contributed by atoms with E-state index in [-0.39, 0.29) is 5.71 Å². The first-order chi connectivity index (χ1) is 14.4. The fourth-order valence-corrected chi connectivity index (χ4v) is 2.40. The van der Waals surface area contributed by atoms with Gasteiger partial charge in [0.15, 0.2) is 0 Å². The van der Waals surface area contributed by atoms with E-state index in [0.717, 1.165) is 6.21 Å². The number of hydrogen-bond acceptors (Lipinski definition) is 10. The van der Waals surface area contributed by atoms with Crippen LogP contribution in [0, 0.1) is 0 Å². The van der Waals surface area contributed by atoms with E-state index in [1.54, 1.807) is 48.5 Å². The Hall–Kier alpha value is -2.86. The molecule has 2 aromatic rings. The number of nitrogens with one attached hydrogen (secondary N) is 2. The zero-order valence-electron chi connectivity index (χ0n) is 16.0. The smallest absolute Gasteiger partial charge is 0.128 e. The fourth-order valence-electron chi connectivity index (χ4n) is 2.40. The molecule has 0 unspecified atom stereocenters. The van der Waals surface area contributed by atoms with Crippen molar-refractivity contribution in [2.45, 2.75) is 30.5 Å². The largest absolute Gasteiger partial charge is 0.394 e. The van der Waals surface area contributed by atoms with Gasteiger partial charge in [0.25, 0.3) is 0 Å². The summed E-state index contributed by atoms with van der Waals surface area (Å²) in [5, 5.41) is 66.9. The summed E-state index contributed by atoms with van der Waals surface area (Å²) in [6.07, 6.45) is -8.11. The van der Waals surface area contributed by atoms with E-state index in [0.29, 0.717) is 11.4 Å². The van der Waals surface area contributed by atoms with Gasteiger partial charge in [-0.15, -0.1) is 0 Å². The molecule has 0 aliphatic carbocycles. The van der Waals surface area contributed by atoms with Crippen LogP contribution >= 0.6 is 0 Å². The summed E-state index contributed by atoms with van der Waals surface area (Å²) in [5.41, 5.74) is 6.52.